The molecule has 0 saturated carbocycles. The van der Waals surface area contributed by atoms with Crippen molar-refractivity contribution in [3.63, 3.8) is 0 Å². The van der Waals surface area contributed by atoms with Crippen molar-refractivity contribution in [2.24, 2.45) is 5.92 Å². The number of non-ortho nitro benzene ring substituents is 1. The Bertz CT molecular complexity index is 826. The van der Waals surface area contributed by atoms with E-state index < -0.39 is 16.3 Å². The molecule has 2 aliphatic heterocycles. The van der Waals surface area contributed by atoms with Gasteiger partial charge < -0.3 is 9.64 Å². The second-order valence-electron chi connectivity index (χ2n) is 9.07. The lowest BCUT2D eigenvalue weighted by Gasteiger charge is -2.36. The topological polar surface area (TPSA) is 75.9 Å². The van der Waals surface area contributed by atoms with Gasteiger partial charge in [0, 0.05) is 44.4 Å². The van der Waals surface area contributed by atoms with Gasteiger partial charge in [0.25, 0.3) is 5.69 Å². The van der Waals surface area contributed by atoms with Crippen LogP contribution in [0.15, 0.2) is 24.3 Å². The number of benzene rings is 1. The SMILES string of the molecule is CC(C)(C)OC(=O)N1CCC(CN2CC=C(c3ccc([N+](=O)[O-])cc3F)CC2)CC1. The van der Waals surface area contributed by atoms with E-state index in [1.165, 1.54) is 12.1 Å². The molecule has 0 bridgehead atoms. The summed E-state index contributed by atoms with van der Waals surface area (Å²) in [7, 11) is 0. The molecule has 0 unspecified atom stereocenters. The van der Waals surface area contributed by atoms with E-state index in [0.717, 1.165) is 44.1 Å². The summed E-state index contributed by atoms with van der Waals surface area (Å²) >= 11 is 0. The molecular formula is C22H30FN3O4. The number of hydrogen-bond acceptors (Lipinski definition) is 5. The first kappa shape index (κ1) is 22.2. The Balaban J connectivity index is 1.49. The number of carbonyl (C=O) groups is 1. The van der Waals surface area contributed by atoms with Crippen LogP contribution in [0.3, 0.4) is 0 Å². The van der Waals surface area contributed by atoms with Crippen molar-refractivity contribution in [1.82, 2.24) is 9.80 Å². The third kappa shape index (κ3) is 5.78. The molecular weight excluding hydrogens is 389 g/mol. The molecule has 1 saturated heterocycles. The number of piperidine rings is 1. The van der Waals surface area contributed by atoms with Crippen LogP contribution in [0.1, 0.15) is 45.6 Å². The highest BCUT2D eigenvalue weighted by molar-refractivity contribution is 5.68. The summed E-state index contributed by atoms with van der Waals surface area (Å²) in [6.45, 7) is 9.56. The van der Waals surface area contributed by atoms with Crippen LogP contribution >= 0.6 is 0 Å². The smallest absolute Gasteiger partial charge is 0.410 e. The summed E-state index contributed by atoms with van der Waals surface area (Å²) in [5, 5.41) is 10.8. The van der Waals surface area contributed by atoms with Gasteiger partial charge in [-0.2, -0.15) is 0 Å². The average Bonchev–Trinajstić information content (AvgIpc) is 2.68. The van der Waals surface area contributed by atoms with Crippen molar-refractivity contribution in [3.8, 4) is 0 Å². The molecule has 2 aliphatic rings. The minimum atomic E-state index is -0.585. The zero-order valence-electron chi connectivity index (χ0n) is 17.9. The van der Waals surface area contributed by atoms with Crippen LogP contribution in [-0.4, -0.2) is 59.1 Å². The normalized spacial score (nSPS) is 18.8. The van der Waals surface area contributed by atoms with Gasteiger partial charge >= 0.3 is 6.09 Å². The Labute approximate surface area is 176 Å². The minimum Gasteiger partial charge on any atom is -0.444 e. The number of nitrogens with zero attached hydrogens (tertiary/aromatic N) is 3. The highest BCUT2D eigenvalue weighted by Gasteiger charge is 2.28. The highest BCUT2D eigenvalue weighted by Crippen LogP contribution is 2.28. The van der Waals surface area contributed by atoms with Crippen LogP contribution in [-0.2, 0) is 4.74 Å². The molecule has 0 atom stereocenters. The molecule has 2 heterocycles. The summed E-state index contributed by atoms with van der Waals surface area (Å²) in [5.74, 6) is -0.0202. The number of hydrogen-bond donors (Lipinski definition) is 0. The quantitative estimate of drug-likeness (QED) is 0.532. The fraction of sp³-hybridized carbons (Fsp3) is 0.591. The lowest BCUT2D eigenvalue weighted by atomic mass is 9.94. The Hall–Kier alpha value is -2.48. The van der Waals surface area contributed by atoms with Gasteiger partial charge in [-0.05, 0) is 57.6 Å². The zero-order valence-corrected chi connectivity index (χ0v) is 17.9. The van der Waals surface area contributed by atoms with Gasteiger partial charge in [0.1, 0.15) is 11.4 Å². The van der Waals surface area contributed by atoms with E-state index in [4.69, 9.17) is 4.74 Å². The zero-order chi connectivity index (χ0) is 21.9. The van der Waals surface area contributed by atoms with Crippen molar-refractivity contribution >= 4 is 17.4 Å². The van der Waals surface area contributed by atoms with Crippen molar-refractivity contribution in [1.29, 1.82) is 0 Å². The predicted octanol–water partition coefficient (Wildman–Crippen LogP) is 4.47. The van der Waals surface area contributed by atoms with Crippen molar-refractivity contribution in [2.75, 3.05) is 32.7 Å². The maximum absolute atomic E-state index is 14.3. The van der Waals surface area contributed by atoms with E-state index in [0.29, 0.717) is 31.0 Å². The number of rotatable bonds is 4. The van der Waals surface area contributed by atoms with Crippen LogP contribution in [0.2, 0.25) is 0 Å². The molecule has 8 heteroatoms. The van der Waals surface area contributed by atoms with E-state index in [-0.39, 0.29) is 11.8 Å². The molecule has 0 aromatic heterocycles. The Morgan fingerprint density at radius 2 is 1.97 bits per heavy atom. The molecule has 0 N–H and O–H groups in total. The van der Waals surface area contributed by atoms with Gasteiger partial charge in [0.05, 0.1) is 11.0 Å². The predicted molar refractivity (Wildman–Crippen MR) is 113 cm³/mol. The number of likely N-dealkylation sites (tertiary alicyclic amines) is 1. The van der Waals surface area contributed by atoms with E-state index in [2.05, 4.69) is 4.90 Å². The lowest BCUT2D eigenvalue weighted by Crippen LogP contribution is -2.44. The number of ether oxygens (including phenoxy) is 1. The first-order valence-electron chi connectivity index (χ1n) is 10.5. The molecule has 164 valence electrons. The number of nitro benzene ring substituents is 1. The van der Waals surface area contributed by atoms with Gasteiger partial charge in [-0.25, -0.2) is 9.18 Å². The number of amides is 1. The summed E-state index contributed by atoms with van der Waals surface area (Å²) < 4.78 is 19.7. The Kier molecular flexibility index (Phi) is 6.75. The van der Waals surface area contributed by atoms with E-state index >= 15 is 0 Å². The van der Waals surface area contributed by atoms with Crippen molar-refractivity contribution in [3.05, 3.63) is 45.8 Å². The van der Waals surface area contributed by atoms with Crippen molar-refractivity contribution < 1.29 is 18.8 Å². The molecule has 30 heavy (non-hydrogen) atoms. The van der Waals surface area contributed by atoms with Crippen LogP contribution in [0.25, 0.3) is 5.57 Å². The van der Waals surface area contributed by atoms with Gasteiger partial charge in [0.2, 0.25) is 0 Å². The van der Waals surface area contributed by atoms with Crippen LogP contribution in [0, 0.1) is 21.8 Å². The summed E-state index contributed by atoms with van der Waals surface area (Å²) in [6, 6.07) is 3.84. The first-order valence-corrected chi connectivity index (χ1v) is 10.5. The molecule has 1 amide bonds. The second kappa shape index (κ2) is 9.12. The standard InChI is InChI=1S/C22H30FN3O4/c1-22(2,3)30-21(27)25-12-6-16(7-13-25)15-24-10-8-17(9-11-24)19-5-4-18(26(28)29)14-20(19)23/h4-5,8,14,16H,6-7,9-13,15H2,1-3H3. The molecule has 0 aliphatic carbocycles. The molecule has 3 rings (SSSR count). The number of nitro groups is 1. The molecule has 7 nitrogen and oxygen atoms in total. The van der Waals surface area contributed by atoms with Gasteiger partial charge in [-0.3, -0.25) is 15.0 Å². The summed E-state index contributed by atoms with van der Waals surface area (Å²) in [6.07, 6.45) is 4.39. The number of carbonyl (C=O) groups excluding carboxylic acids is 1. The van der Waals surface area contributed by atoms with Gasteiger partial charge in [0.15, 0.2) is 0 Å². The maximum atomic E-state index is 14.3. The largest absolute Gasteiger partial charge is 0.444 e. The van der Waals surface area contributed by atoms with Gasteiger partial charge in [-0.15, -0.1) is 0 Å². The molecule has 1 fully saturated rings. The molecule has 1 aromatic rings. The van der Waals surface area contributed by atoms with Gasteiger partial charge in [-0.1, -0.05) is 6.08 Å². The van der Waals surface area contributed by atoms with E-state index in [9.17, 15) is 19.3 Å². The molecule has 0 spiro atoms. The van der Waals surface area contributed by atoms with Crippen LogP contribution in [0.4, 0.5) is 14.9 Å². The molecule has 0 radical (unpaired) electrons. The summed E-state index contributed by atoms with van der Waals surface area (Å²) in [4.78, 5) is 26.5. The van der Waals surface area contributed by atoms with Crippen LogP contribution in [0.5, 0.6) is 0 Å². The second-order valence-corrected chi connectivity index (χ2v) is 9.07. The Morgan fingerprint density at radius 3 is 2.50 bits per heavy atom. The average molecular weight is 419 g/mol. The van der Waals surface area contributed by atoms with E-state index in [1.807, 2.05) is 26.8 Å². The lowest BCUT2D eigenvalue weighted by molar-refractivity contribution is -0.385. The number of halogens is 1. The Morgan fingerprint density at radius 1 is 1.27 bits per heavy atom. The fourth-order valence-electron chi connectivity index (χ4n) is 3.99. The highest BCUT2D eigenvalue weighted by atomic mass is 19.1. The van der Waals surface area contributed by atoms with E-state index in [1.54, 1.807) is 4.90 Å². The molecule has 1 aromatic carbocycles. The van der Waals surface area contributed by atoms with Crippen LogP contribution < -0.4 is 0 Å². The van der Waals surface area contributed by atoms with Crippen molar-refractivity contribution in [2.45, 2.75) is 45.6 Å². The maximum Gasteiger partial charge on any atom is 0.410 e. The minimum absolute atomic E-state index is 0.230. The third-order valence-electron chi connectivity index (χ3n) is 5.59. The monoisotopic (exact) mass is 419 g/mol. The third-order valence-corrected chi connectivity index (χ3v) is 5.59. The fourth-order valence-corrected chi connectivity index (χ4v) is 3.99. The first-order chi connectivity index (χ1) is 14.1. The summed E-state index contributed by atoms with van der Waals surface area (Å²) in [5.41, 5.74) is 0.644.